The number of nitrogens with one attached hydrogen (secondary N) is 2. The molecule has 0 aliphatic carbocycles. The minimum absolute atomic E-state index is 0.124. The second kappa shape index (κ2) is 7.08. The molecule has 0 heterocycles. The third kappa shape index (κ3) is 4.18. The number of halogens is 2. The van der Waals surface area contributed by atoms with Gasteiger partial charge in [0, 0.05) is 21.7 Å². The zero-order chi connectivity index (χ0) is 17.0. The molecule has 0 fully saturated rings. The number of hydrogen-bond donors (Lipinski definition) is 2. The zero-order valence-electron chi connectivity index (χ0n) is 11.4. The maximum atomic E-state index is 12.0. The maximum absolute atomic E-state index is 12.0. The van der Waals surface area contributed by atoms with E-state index in [4.69, 9.17) is 23.2 Å². The molecule has 2 N–H and O–H groups in total. The molecule has 2 aromatic rings. The van der Waals surface area contributed by atoms with Crippen molar-refractivity contribution < 1.29 is 14.5 Å². The predicted octanol–water partition coefficient (Wildman–Crippen LogP) is 2.98. The van der Waals surface area contributed by atoms with Crippen molar-refractivity contribution in [3.05, 3.63) is 73.8 Å². The van der Waals surface area contributed by atoms with E-state index in [1.807, 2.05) is 0 Å². The van der Waals surface area contributed by atoms with Crippen LogP contribution >= 0.6 is 23.2 Å². The van der Waals surface area contributed by atoms with E-state index in [2.05, 4.69) is 10.9 Å². The van der Waals surface area contributed by atoms with Crippen LogP contribution in [0, 0.1) is 10.1 Å². The molecular weight excluding hydrogens is 345 g/mol. The average Bonchev–Trinajstić information content (AvgIpc) is 2.52. The van der Waals surface area contributed by atoms with Gasteiger partial charge in [-0.1, -0.05) is 23.2 Å². The Bertz CT molecular complexity index is 778. The molecule has 23 heavy (non-hydrogen) atoms. The Hall–Kier alpha value is -2.64. The fourth-order valence-corrected chi connectivity index (χ4v) is 1.99. The Morgan fingerprint density at radius 2 is 1.48 bits per heavy atom. The van der Waals surface area contributed by atoms with Gasteiger partial charge in [0.1, 0.15) is 5.56 Å². The SMILES string of the molecule is O=C(NNC(=O)c1ccc(Cl)cc1[N+](=O)[O-])c1ccc(Cl)cc1. The van der Waals surface area contributed by atoms with Crippen LogP contribution in [0.1, 0.15) is 20.7 Å². The summed E-state index contributed by atoms with van der Waals surface area (Å²) in [5, 5.41) is 11.5. The lowest BCUT2D eigenvalue weighted by Crippen LogP contribution is -2.41. The minimum Gasteiger partial charge on any atom is -0.267 e. The lowest BCUT2D eigenvalue weighted by Gasteiger charge is -2.08. The lowest BCUT2D eigenvalue weighted by molar-refractivity contribution is -0.385. The van der Waals surface area contributed by atoms with Crippen molar-refractivity contribution in [2.75, 3.05) is 0 Å². The van der Waals surface area contributed by atoms with Crippen LogP contribution in [0.15, 0.2) is 42.5 Å². The number of rotatable bonds is 3. The number of nitro benzene ring substituents is 1. The minimum atomic E-state index is -0.837. The smallest absolute Gasteiger partial charge is 0.267 e. The van der Waals surface area contributed by atoms with Crippen molar-refractivity contribution in [2.45, 2.75) is 0 Å². The number of nitro groups is 1. The molecule has 0 saturated carbocycles. The number of carbonyl (C=O) groups excluding carboxylic acids is 2. The van der Waals surface area contributed by atoms with Crippen LogP contribution in [0.4, 0.5) is 5.69 Å². The van der Waals surface area contributed by atoms with Gasteiger partial charge in [-0.25, -0.2) is 0 Å². The summed E-state index contributed by atoms with van der Waals surface area (Å²) in [5.41, 5.74) is 3.84. The van der Waals surface area contributed by atoms with Crippen LogP contribution in [-0.2, 0) is 0 Å². The van der Waals surface area contributed by atoms with E-state index in [-0.39, 0.29) is 16.1 Å². The van der Waals surface area contributed by atoms with E-state index in [1.54, 1.807) is 0 Å². The largest absolute Gasteiger partial charge is 0.283 e. The van der Waals surface area contributed by atoms with Crippen LogP contribution in [0.25, 0.3) is 0 Å². The fourth-order valence-electron chi connectivity index (χ4n) is 1.70. The number of benzene rings is 2. The molecule has 9 heteroatoms. The molecular formula is C14H9Cl2N3O4. The van der Waals surface area contributed by atoms with Gasteiger partial charge in [-0.15, -0.1) is 0 Å². The molecule has 2 aromatic carbocycles. The second-order valence-corrected chi connectivity index (χ2v) is 5.21. The van der Waals surface area contributed by atoms with Gasteiger partial charge in [-0.2, -0.15) is 0 Å². The van der Waals surface area contributed by atoms with Crippen LogP contribution in [0.5, 0.6) is 0 Å². The van der Waals surface area contributed by atoms with E-state index in [0.29, 0.717) is 5.02 Å². The number of hydrogen-bond acceptors (Lipinski definition) is 4. The molecule has 0 aromatic heterocycles. The predicted molar refractivity (Wildman–Crippen MR) is 84.5 cm³/mol. The highest BCUT2D eigenvalue weighted by molar-refractivity contribution is 6.31. The van der Waals surface area contributed by atoms with Crippen LogP contribution < -0.4 is 10.9 Å². The maximum Gasteiger partial charge on any atom is 0.283 e. The first-order chi connectivity index (χ1) is 10.9. The summed E-state index contributed by atoms with van der Waals surface area (Å²) in [4.78, 5) is 34.0. The first kappa shape index (κ1) is 16.7. The van der Waals surface area contributed by atoms with Gasteiger partial charge >= 0.3 is 0 Å². The average molecular weight is 354 g/mol. The normalized spacial score (nSPS) is 10.0. The first-order valence-electron chi connectivity index (χ1n) is 6.18. The van der Waals surface area contributed by atoms with Gasteiger partial charge in [0.25, 0.3) is 17.5 Å². The van der Waals surface area contributed by atoms with Crippen molar-refractivity contribution >= 4 is 40.7 Å². The van der Waals surface area contributed by atoms with Crippen molar-refractivity contribution in [3.63, 3.8) is 0 Å². The van der Waals surface area contributed by atoms with E-state index in [9.17, 15) is 19.7 Å². The molecule has 0 bridgehead atoms. The summed E-state index contributed by atoms with van der Waals surface area (Å²) in [6.45, 7) is 0. The Balaban J connectivity index is 2.09. The number of nitrogens with zero attached hydrogens (tertiary/aromatic N) is 1. The number of carbonyl (C=O) groups is 2. The Morgan fingerprint density at radius 1 is 0.913 bits per heavy atom. The van der Waals surface area contributed by atoms with E-state index in [1.165, 1.54) is 36.4 Å². The second-order valence-electron chi connectivity index (χ2n) is 4.33. The van der Waals surface area contributed by atoms with Gasteiger partial charge in [-0.05, 0) is 36.4 Å². The molecule has 0 unspecified atom stereocenters. The van der Waals surface area contributed by atoms with Crippen LogP contribution in [-0.4, -0.2) is 16.7 Å². The molecule has 0 radical (unpaired) electrons. The van der Waals surface area contributed by atoms with Gasteiger partial charge < -0.3 is 0 Å². The summed E-state index contributed by atoms with van der Waals surface area (Å²) in [6.07, 6.45) is 0. The van der Waals surface area contributed by atoms with Crippen molar-refractivity contribution in [1.29, 1.82) is 0 Å². The standard InChI is InChI=1S/C14H9Cl2N3O4/c15-9-3-1-8(2-4-9)13(20)17-18-14(21)11-6-5-10(16)7-12(11)19(22)23/h1-7H,(H,17,20)(H,18,21). The number of amides is 2. The topological polar surface area (TPSA) is 101 Å². The third-order valence-electron chi connectivity index (χ3n) is 2.80. The molecule has 0 spiro atoms. The fraction of sp³-hybridized carbons (Fsp3) is 0. The molecule has 2 rings (SSSR count). The van der Waals surface area contributed by atoms with Gasteiger partial charge in [0.2, 0.25) is 0 Å². The number of hydrazine groups is 1. The summed E-state index contributed by atoms with van der Waals surface area (Å²) < 4.78 is 0. The van der Waals surface area contributed by atoms with Gasteiger partial charge in [0.15, 0.2) is 0 Å². The Labute approximate surface area is 140 Å². The molecule has 0 saturated heterocycles. The third-order valence-corrected chi connectivity index (χ3v) is 3.28. The molecule has 118 valence electrons. The van der Waals surface area contributed by atoms with Crippen LogP contribution in [0.2, 0.25) is 10.0 Å². The highest BCUT2D eigenvalue weighted by Gasteiger charge is 2.21. The molecule has 0 aliphatic rings. The summed E-state index contributed by atoms with van der Waals surface area (Å²) >= 11 is 11.4. The quantitative estimate of drug-likeness (QED) is 0.654. The van der Waals surface area contributed by atoms with Crippen molar-refractivity contribution in [1.82, 2.24) is 10.9 Å². The molecule has 2 amide bonds. The highest BCUT2D eigenvalue weighted by atomic mass is 35.5. The van der Waals surface area contributed by atoms with Crippen LogP contribution in [0.3, 0.4) is 0 Å². The van der Waals surface area contributed by atoms with E-state index < -0.39 is 22.4 Å². The van der Waals surface area contributed by atoms with E-state index >= 15 is 0 Å². The first-order valence-corrected chi connectivity index (χ1v) is 6.94. The zero-order valence-corrected chi connectivity index (χ0v) is 12.9. The monoisotopic (exact) mass is 353 g/mol. The van der Waals surface area contributed by atoms with Gasteiger partial charge in [0.05, 0.1) is 4.92 Å². The highest BCUT2D eigenvalue weighted by Crippen LogP contribution is 2.22. The van der Waals surface area contributed by atoms with Crippen molar-refractivity contribution in [2.24, 2.45) is 0 Å². The van der Waals surface area contributed by atoms with E-state index in [0.717, 1.165) is 6.07 Å². The van der Waals surface area contributed by atoms with Gasteiger partial charge in [-0.3, -0.25) is 30.6 Å². The lowest BCUT2D eigenvalue weighted by atomic mass is 10.1. The molecule has 7 nitrogen and oxygen atoms in total. The Morgan fingerprint density at radius 3 is 2.09 bits per heavy atom. The molecule has 0 aliphatic heterocycles. The molecule has 0 atom stereocenters. The van der Waals surface area contributed by atoms with Crippen molar-refractivity contribution in [3.8, 4) is 0 Å². The summed E-state index contributed by atoms with van der Waals surface area (Å²) in [7, 11) is 0. The summed E-state index contributed by atoms with van der Waals surface area (Å²) in [5.74, 6) is -1.43. The Kier molecular flexibility index (Phi) is 5.15. The summed E-state index contributed by atoms with van der Waals surface area (Å²) in [6, 6.07) is 9.56.